The van der Waals surface area contributed by atoms with Crippen molar-refractivity contribution in [2.45, 2.75) is 19.9 Å². The molecular weight excluding hydrogens is 292 g/mol. The molecule has 0 radical (unpaired) electrons. The highest BCUT2D eigenvalue weighted by atomic mass is 79.9. The highest BCUT2D eigenvalue weighted by Crippen LogP contribution is 2.50. The van der Waals surface area contributed by atoms with Gasteiger partial charge in [-0.25, -0.2) is 0 Å². The number of nitriles is 1. The summed E-state index contributed by atoms with van der Waals surface area (Å²) in [7, 11) is 0. The molecule has 2 rings (SSSR count). The van der Waals surface area contributed by atoms with Crippen LogP contribution in [0.3, 0.4) is 0 Å². The molecular formula is C14H13BrN2O. The highest BCUT2D eigenvalue weighted by molar-refractivity contribution is 9.10. The average molecular weight is 305 g/mol. The maximum Gasteiger partial charge on any atom is 0.249 e. The van der Waals surface area contributed by atoms with Crippen LogP contribution in [0.4, 0.5) is 0 Å². The summed E-state index contributed by atoms with van der Waals surface area (Å²) in [6.45, 7) is 3.76. The van der Waals surface area contributed by atoms with Crippen molar-refractivity contribution >= 4 is 27.4 Å². The van der Waals surface area contributed by atoms with Gasteiger partial charge in [0.25, 0.3) is 0 Å². The van der Waals surface area contributed by atoms with Crippen LogP contribution in [0.15, 0.2) is 34.8 Å². The molecule has 1 aromatic rings. The first-order valence-corrected chi connectivity index (χ1v) is 6.50. The summed E-state index contributed by atoms with van der Waals surface area (Å²) in [5.41, 5.74) is 0.632. The fourth-order valence-corrected chi connectivity index (χ4v) is 2.09. The Morgan fingerprint density at radius 1 is 1.39 bits per heavy atom. The minimum Gasteiger partial charge on any atom is -0.352 e. The first kappa shape index (κ1) is 12.8. The molecule has 1 atom stereocenters. The predicted molar refractivity (Wildman–Crippen MR) is 73.4 cm³/mol. The molecule has 1 aliphatic carbocycles. The number of benzene rings is 1. The van der Waals surface area contributed by atoms with Gasteiger partial charge in [0.1, 0.15) is 0 Å². The lowest BCUT2D eigenvalue weighted by molar-refractivity contribution is -0.123. The highest BCUT2D eigenvalue weighted by Gasteiger charge is 2.52. The maximum atomic E-state index is 12.0. The monoisotopic (exact) mass is 304 g/mol. The van der Waals surface area contributed by atoms with E-state index in [1.54, 1.807) is 6.08 Å². The van der Waals surface area contributed by atoms with Crippen LogP contribution in [0.5, 0.6) is 0 Å². The van der Waals surface area contributed by atoms with Gasteiger partial charge in [-0.2, -0.15) is 5.26 Å². The van der Waals surface area contributed by atoms with Gasteiger partial charge in [0, 0.05) is 10.5 Å². The number of nitrogens with one attached hydrogen (secondary N) is 1. The van der Waals surface area contributed by atoms with E-state index in [0.29, 0.717) is 0 Å². The largest absolute Gasteiger partial charge is 0.352 e. The molecule has 1 amide bonds. The number of carbonyl (C=O) groups is 1. The summed E-state index contributed by atoms with van der Waals surface area (Å²) < 4.78 is 0.974. The molecule has 4 heteroatoms. The van der Waals surface area contributed by atoms with Crippen LogP contribution >= 0.6 is 15.9 Å². The fourth-order valence-electron chi connectivity index (χ4n) is 1.83. The van der Waals surface area contributed by atoms with Crippen LogP contribution in [0.1, 0.15) is 19.4 Å². The van der Waals surface area contributed by atoms with Crippen LogP contribution in [0, 0.1) is 16.7 Å². The van der Waals surface area contributed by atoms with E-state index < -0.39 is 5.41 Å². The molecule has 92 valence electrons. The Balaban J connectivity index is 2.19. The number of hydrogen-bond donors (Lipinski definition) is 1. The van der Waals surface area contributed by atoms with Crippen molar-refractivity contribution in [1.82, 2.24) is 5.32 Å². The van der Waals surface area contributed by atoms with Crippen molar-refractivity contribution in [3.05, 3.63) is 40.4 Å². The summed E-state index contributed by atoms with van der Waals surface area (Å²) in [5.74, 6) is -0.238. The van der Waals surface area contributed by atoms with Gasteiger partial charge in [0.05, 0.1) is 6.07 Å². The zero-order valence-corrected chi connectivity index (χ0v) is 11.8. The molecule has 1 aromatic carbocycles. The second kappa shape index (κ2) is 4.58. The summed E-state index contributed by atoms with van der Waals surface area (Å²) in [6.07, 6.45) is 1.72. The van der Waals surface area contributed by atoms with Crippen LogP contribution in [0.2, 0.25) is 0 Å². The number of nitrogens with zero attached hydrogens (tertiary/aromatic N) is 1. The predicted octanol–water partition coefficient (Wildman–Crippen LogP) is 2.88. The molecule has 0 bridgehead atoms. The Hall–Kier alpha value is -1.60. The standard InChI is InChI=1S/C14H13BrN2O/c1-9(2)17-13(18)14(8-16)7-12(14)10-3-5-11(15)6-4-10/h3-7,9H,1-2H3,(H,17,18)/t14-/m0/s1. The number of amides is 1. The lowest BCUT2D eigenvalue weighted by Crippen LogP contribution is -2.37. The lowest BCUT2D eigenvalue weighted by Gasteiger charge is -2.13. The van der Waals surface area contributed by atoms with Gasteiger partial charge in [0.2, 0.25) is 5.91 Å². The Morgan fingerprint density at radius 2 is 2.00 bits per heavy atom. The zero-order chi connectivity index (χ0) is 13.3. The third-order valence-electron chi connectivity index (χ3n) is 2.81. The Bertz CT molecular complexity index is 554. The van der Waals surface area contributed by atoms with E-state index in [4.69, 9.17) is 0 Å². The van der Waals surface area contributed by atoms with Crippen LogP contribution in [-0.2, 0) is 4.79 Å². The molecule has 0 aromatic heterocycles. The number of carbonyl (C=O) groups excluding carboxylic acids is 1. The topological polar surface area (TPSA) is 52.9 Å². The first-order valence-electron chi connectivity index (χ1n) is 5.71. The molecule has 0 saturated heterocycles. The summed E-state index contributed by atoms with van der Waals surface area (Å²) >= 11 is 3.36. The second-order valence-electron chi connectivity index (χ2n) is 4.61. The van der Waals surface area contributed by atoms with Crippen LogP contribution < -0.4 is 5.32 Å². The van der Waals surface area contributed by atoms with Gasteiger partial charge in [-0.05, 0) is 43.2 Å². The average Bonchev–Trinajstić information content (AvgIpc) is 3.05. The van der Waals surface area contributed by atoms with E-state index in [2.05, 4.69) is 27.3 Å². The van der Waals surface area contributed by atoms with Crippen molar-refractivity contribution in [2.75, 3.05) is 0 Å². The zero-order valence-electron chi connectivity index (χ0n) is 10.2. The second-order valence-corrected chi connectivity index (χ2v) is 5.53. The number of halogens is 1. The van der Waals surface area contributed by atoms with Gasteiger partial charge in [-0.1, -0.05) is 28.1 Å². The smallest absolute Gasteiger partial charge is 0.249 e. The van der Waals surface area contributed by atoms with Gasteiger partial charge < -0.3 is 5.32 Å². The molecule has 0 spiro atoms. The van der Waals surface area contributed by atoms with Crippen molar-refractivity contribution in [3.63, 3.8) is 0 Å². The van der Waals surface area contributed by atoms with Crippen LogP contribution in [0.25, 0.3) is 5.57 Å². The normalized spacial score (nSPS) is 21.2. The molecule has 0 aliphatic heterocycles. The summed E-state index contributed by atoms with van der Waals surface area (Å²) in [6, 6.07) is 9.74. The summed E-state index contributed by atoms with van der Waals surface area (Å²) in [5, 5.41) is 12.0. The van der Waals surface area contributed by atoms with Crippen molar-refractivity contribution in [3.8, 4) is 6.07 Å². The first-order chi connectivity index (χ1) is 8.49. The number of hydrogen-bond acceptors (Lipinski definition) is 2. The minimum absolute atomic E-state index is 0.0305. The third kappa shape index (κ3) is 2.19. The van der Waals surface area contributed by atoms with Gasteiger partial charge in [0.15, 0.2) is 5.41 Å². The van der Waals surface area contributed by atoms with E-state index in [1.165, 1.54) is 0 Å². The van der Waals surface area contributed by atoms with E-state index in [1.807, 2.05) is 38.1 Å². The van der Waals surface area contributed by atoms with Crippen molar-refractivity contribution in [1.29, 1.82) is 5.26 Å². The molecule has 0 saturated carbocycles. The third-order valence-corrected chi connectivity index (χ3v) is 3.34. The van der Waals surface area contributed by atoms with Crippen molar-refractivity contribution in [2.24, 2.45) is 5.41 Å². The quantitative estimate of drug-likeness (QED) is 0.933. The SMILES string of the molecule is CC(C)NC(=O)[C@]1(C#N)C=C1c1ccc(Br)cc1. The van der Waals surface area contributed by atoms with Gasteiger partial charge >= 0.3 is 0 Å². The van der Waals surface area contributed by atoms with Crippen LogP contribution in [-0.4, -0.2) is 11.9 Å². The van der Waals surface area contributed by atoms with Gasteiger partial charge in [-0.15, -0.1) is 0 Å². The Kier molecular flexibility index (Phi) is 3.27. The molecule has 0 unspecified atom stereocenters. The van der Waals surface area contributed by atoms with E-state index >= 15 is 0 Å². The molecule has 3 nitrogen and oxygen atoms in total. The molecule has 18 heavy (non-hydrogen) atoms. The molecule has 0 fully saturated rings. The lowest BCUT2D eigenvalue weighted by atomic mass is 9.96. The molecule has 1 aliphatic rings. The Labute approximate surface area is 115 Å². The summed E-state index contributed by atoms with van der Waals surface area (Å²) in [4.78, 5) is 12.0. The number of rotatable bonds is 3. The minimum atomic E-state index is -1.07. The van der Waals surface area contributed by atoms with E-state index in [-0.39, 0.29) is 11.9 Å². The van der Waals surface area contributed by atoms with E-state index in [9.17, 15) is 10.1 Å². The van der Waals surface area contributed by atoms with E-state index in [0.717, 1.165) is 15.6 Å². The van der Waals surface area contributed by atoms with Crippen molar-refractivity contribution < 1.29 is 4.79 Å². The fraction of sp³-hybridized carbons (Fsp3) is 0.286. The molecule has 1 N–H and O–H groups in total. The molecule has 0 heterocycles. The Morgan fingerprint density at radius 3 is 2.50 bits per heavy atom. The maximum absolute atomic E-state index is 12.0. The van der Waals surface area contributed by atoms with Gasteiger partial charge in [-0.3, -0.25) is 4.79 Å².